The van der Waals surface area contributed by atoms with E-state index in [1.165, 1.54) is 0 Å². The molecule has 2 aromatic carbocycles. The minimum atomic E-state index is -0.697. The van der Waals surface area contributed by atoms with Crippen LogP contribution in [0.25, 0.3) is 0 Å². The van der Waals surface area contributed by atoms with Gasteiger partial charge in [-0.1, -0.05) is 61.4 Å². The molecule has 1 unspecified atom stereocenters. The molecule has 184 valence electrons. The van der Waals surface area contributed by atoms with Gasteiger partial charge in [-0.2, -0.15) is 0 Å². The second-order valence-corrected chi connectivity index (χ2v) is 8.47. The first-order valence-electron chi connectivity index (χ1n) is 11.9. The van der Waals surface area contributed by atoms with Crippen LogP contribution in [0.3, 0.4) is 0 Å². The molecule has 2 amide bonds. The Bertz CT molecular complexity index is 1020. The van der Waals surface area contributed by atoms with Crippen molar-refractivity contribution in [3.8, 4) is 0 Å². The van der Waals surface area contributed by atoms with Gasteiger partial charge in [0.15, 0.2) is 0 Å². The Balaban J connectivity index is 1.60. The Morgan fingerprint density at radius 2 is 1.63 bits per heavy atom. The third kappa shape index (κ3) is 7.21. The summed E-state index contributed by atoms with van der Waals surface area (Å²) in [7, 11) is 1.71. The van der Waals surface area contributed by atoms with Crippen molar-refractivity contribution in [1.29, 1.82) is 0 Å². The van der Waals surface area contributed by atoms with Crippen LogP contribution in [0.1, 0.15) is 59.2 Å². The summed E-state index contributed by atoms with van der Waals surface area (Å²) < 4.78 is 6.15. The number of nitrogens with zero attached hydrogens (tertiary/aromatic N) is 1. The third-order valence-corrected chi connectivity index (χ3v) is 6.13. The summed E-state index contributed by atoms with van der Waals surface area (Å²) in [5.74, 6) is -0.474. The molecule has 3 aromatic rings. The van der Waals surface area contributed by atoms with E-state index in [1.54, 1.807) is 18.8 Å². The van der Waals surface area contributed by atoms with Gasteiger partial charge >= 0.3 is 0 Å². The number of unbranched alkanes of at least 4 members (excludes halogenated alkanes) is 3. The van der Waals surface area contributed by atoms with Gasteiger partial charge in [0.05, 0.1) is 0 Å². The summed E-state index contributed by atoms with van der Waals surface area (Å²) >= 11 is 0. The third-order valence-electron chi connectivity index (χ3n) is 6.13. The molecule has 0 bridgehead atoms. The van der Waals surface area contributed by atoms with Crippen LogP contribution in [0.2, 0.25) is 0 Å². The van der Waals surface area contributed by atoms with Crippen LogP contribution < -0.4 is 10.8 Å². The number of hydroxylamine groups is 1. The molecule has 0 radical (unpaired) electrons. The van der Waals surface area contributed by atoms with Crippen LogP contribution in [0, 0.1) is 0 Å². The largest absolute Gasteiger partial charge is 0.368 e. The fourth-order valence-electron chi connectivity index (χ4n) is 4.17. The zero-order valence-corrected chi connectivity index (χ0v) is 20.1. The normalized spacial score (nSPS) is 12.5. The molecule has 0 saturated carbocycles. The first kappa shape index (κ1) is 26.1. The number of carbonyl (C=O) groups excluding carboxylic acids is 2. The van der Waals surface area contributed by atoms with Crippen LogP contribution in [0.5, 0.6) is 0 Å². The highest BCUT2D eigenvalue weighted by atomic mass is 16.5. The highest BCUT2D eigenvalue weighted by Crippen LogP contribution is 2.36. The number of hydrogen-bond acceptors (Lipinski definition) is 5. The molecule has 7 nitrogen and oxygen atoms in total. The maximum absolute atomic E-state index is 12.5. The van der Waals surface area contributed by atoms with Crippen molar-refractivity contribution in [3.63, 3.8) is 0 Å². The quantitative estimate of drug-likeness (QED) is 0.193. The first-order valence-corrected chi connectivity index (χ1v) is 11.9. The van der Waals surface area contributed by atoms with Gasteiger partial charge < -0.3 is 10.1 Å². The van der Waals surface area contributed by atoms with E-state index in [1.807, 2.05) is 60.8 Å². The van der Waals surface area contributed by atoms with E-state index in [-0.39, 0.29) is 11.8 Å². The lowest BCUT2D eigenvalue weighted by Crippen LogP contribution is -2.33. The summed E-state index contributed by atoms with van der Waals surface area (Å²) in [6.45, 7) is 0.578. The lowest BCUT2D eigenvalue weighted by molar-refractivity contribution is -0.129. The highest BCUT2D eigenvalue weighted by Gasteiger charge is 2.34. The van der Waals surface area contributed by atoms with Crippen LogP contribution in [0.4, 0.5) is 0 Å². The highest BCUT2D eigenvalue weighted by molar-refractivity contribution is 5.94. The molecular formula is C28H33N3O4. The lowest BCUT2D eigenvalue weighted by Gasteiger charge is -2.33. The van der Waals surface area contributed by atoms with Gasteiger partial charge in [-0.3, -0.25) is 19.8 Å². The maximum Gasteiger partial charge on any atom is 0.251 e. The lowest BCUT2D eigenvalue weighted by atomic mass is 9.81. The molecule has 0 saturated heterocycles. The number of rotatable bonds is 13. The van der Waals surface area contributed by atoms with Gasteiger partial charge in [0, 0.05) is 50.0 Å². The summed E-state index contributed by atoms with van der Waals surface area (Å²) in [4.78, 5) is 27.8. The Labute approximate surface area is 206 Å². The van der Waals surface area contributed by atoms with Crippen LogP contribution >= 0.6 is 0 Å². The number of nitrogens with one attached hydrogen (secondary N) is 2. The van der Waals surface area contributed by atoms with Crippen LogP contribution in [-0.2, 0) is 21.6 Å². The van der Waals surface area contributed by atoms with E-state index >= 15 is 0 Å². The van der Waals surface area contributed by atoms with Crippen molar-refractivity contribution < 1.29 is 19.5 Å². The number of carbonyl (C=O) groups is 2. The van der Waals surface area contributed by atoms with Crippen molar-refractivity contribution in [3.05, 3.63) is 101 Å². The summed E-state index contributed by atoms with van der Waals surface area (Å²) in [6, 6.07) is 21.6. The summed E-state index contributed by atoms with van der Waals surface area (Å²) in [5, 5.41) is 11.4. The number of methoxy groups -OCH3 is 1. The second kappa shape index (κ2) is 13.4. The molecule has 3 rings (SSSR count). The molecular weight excluding hydrogens is 442 g/mol. The molecule has 3 N–H and O–H groups in total. The van der Waals surface area contributed by atoms with Crippen LogP contribution in [-0.4, -0.2) is 35.7 Å². The van der Waals surface area contributed by atoms with Crippen molar-refractivity contribution in [2.24, 2.45) is 0 Å². The van der Waals surface area contributed by atoms with Crippen LogP contribution in [0.15, 0.2) is 79.1 Å². The fraction of sp³-hybridized carbons (Fsp3) is 0.321. The number of benzene rings is 2. The number of pyridine rings is 1. The summed E-state index contributed by atoms with van der Waals surface area (Å²) in [5.41, 5.74) is 4.59. The first-order chi connectivity index (χ1) is 17.1. The maximum atomic E-state index is 12.5. The molecule has 35 heavy (non-hydrogen) atoms. The predicted octanol–water partition coefficient (Wildman–Crippen LogP) is 4.40. The van der Waals surface area contributed by atoms with Crippen molar-refractivity contribution in [1.82, 2.24) is 15.8 Å². The van der Waals surface area contributed by atoms with Gasteiger partial charge in [0.1, 0.15) is 5.60 Å². The number of ether oxygens (including phenoxy) is 1. The molecule has 0 aliphatic heterocycles. The molecule has 1 atom stereocenters. The SMILES string of the molecule is COC(Cc1ccc(C(=O)NCCCCCCC(=O)NO)cc1)(c1ccccc1)c1cccnc1. The molecule has 0 fully saturated rings. The number of amides is 2. The monoisotopic (exact) mass is 475 g/mol. The molecule has 0 spiro atoms. The average Bonchev–Trinajstić information content (AvgIpc) is 2.92. The minimum absolute atomic E-state index is 0.107. The van der Waals surface area contributed by atoms with Gasteiger partial charge in [-0.15, -0.1) is 0 Å². The van der Waals surface area contributed by atoms with Crippen molar-refractivity contribution >= 4 is 11.8 Å². The van der Waals surface area contributed by atoms with E-state index in [0.29, 0.717) is 31.4 Å². The zero-order valence-electron chi connectivity index (χ0n) is 20.1. The predicted molar refractivity (Wildman–Crippen MR) is 134 cm³/mol. The smallest absolute Gasteiger partial charge is 0.251 e. The standard InChI is InChI=1S/C28H33N3O4/c1-35-28(24-10-5-4-6-11-24,25-12-9-18-29-21-25)20-22-14-16-23(17-15-22)27(33)30-19-8-3-2-7-13-26(32)31-34/h4-6,9-12,14-18,21,34H,2-3,7-8,13,19-20H2,1H3,(H,30,33)(H,31,32). The van der Waals surface area contributed by atoms with Crippen molar-refractivity contribution in [2.75, 3.05) is 13.7 Å². The Hall–Kier alpha value is -3.55. The molecule has 1 heterocycles. The molecule has 7 heteroatoms. The molecule has 0 aliphatic rings. The van der Waals surface area contributed by atoms with Gasteiger partial charge in [0.25, 0.3) is 5.91 Å². The van der Waals surface area contributed by atoms with Gasteiger partial charge in [0.2, 0.25) is 5.91 Å². The Morgan fingerprint density at radius 3 is 2.29 bits per heavy atom. The van der Waals surface area contributed by atoms with E-state index in [4.69, 9.17) is 9.94 Å². The number of aromatic nitrogens is 1. The Morgan fingerprint density at radius 1 is 0.914 bits per heavy atom. The van der Waals surface area contributed by atoms with Crippen molar-refractivity contribution in [2.45, 2.75) is 44.1 Å². The minimum Gasteiger partial charge on any atom is -0.368 e. The van der Waals surface area contributed by atoms with Gasteiger partial charge in [-0.25, -0.2) is 5.48 Å². The summed E-state index contributed by atoms with van der Waals surface area (Å²) in [6.07, 6.45) is 7.82. The zero-order chi connectivity index (χ0) is 24.9. The molecule has 0 aliphatic carbocycles. The van der Waals surface area contributed by atoms with E-state index in [9.17, 15) is 9.59 Å². The van der Waals surface area contributed by atoms with E-state index < -0.39 is 5.60 Å². The fourth-order valence-corrected chi connectivity index (χ4v) is 4.17. The van der Waals surface area contributed by atoms with E-state index in [0.717, 1.165) is 36.0 Å². The molecule has 1 aromatic heterocycles. The van der Waals surface area contributed by atoms with Gasteiger partial charge in [-0.05, 0) is 42.2 Å². The number of hydrogen-bond donors (Lipinski definition) is 3. The van der Waals surface area contributed by atoms with E-state index in [2.05, 4.69) is 22.4 Å². The average molecular weight is 476 g/mol. The second-order valence-electron chi connectivity index (χ2n) is 8.47. The topological polar surface area (TPSA) is 101 Å². The Kier molecular flexibility index (Phi) is 9.95.